The molecule has 0 atom stereocenters. The monoisotopic (exact) mass is 668 g/mol. The van der Waals surface area contributed by atoms with E-state index in [2.05, 4.69) is 15.6 Å². The quantitative estimate of drug-likeness (QED) is 0.162. The molecule has 5 aromatic rings. The van der Waals surface area contributed by atoms with E-state index in [1.54, 1.807) is 19.1 Å². The van der Waals surface area contributed by atoms with Gasteiger partial charge in [0, 0.05) is 31.5 Å². The molecule has 0 saturated heterocycles. The number of anilines is 3. The molecule has 1 heterocycles. The number of amides is 4. The minimum absolute atomic E-state index is 0.126. The first-order valence-electron chi connectivity index (χ1n) is 14.8. The number of rotatable bonds is 10. The third-order valence-corrected chi connectivity index (χ3v) is 10.9. The van der Waals surface area contributed by atoms with Crippen molar-refractivity contribution in [1.82, 2.24) is 14.2 Å². The van der Waals surface area contributed by atoms with Gasteiger partial charge < -0.3 is 15.5 Å². The summed E-state index contributed by atoms with van der Waals surface area (Å²) in [6, 6.07) is 33.0. The molecule has 4 amide bonds. The molecule has 10 nitrogen and oxygen atoms in total. The van der Waals surface area contributed by atoms with E-state index in [0.29, 0.717) is 22.2 Å². The number of benzene rings is 4. The largest absolute Gasteiger partial charge is 0.335 e. The summed E-state index contributed by atoms with van der Waals surface area (Å²) in [4.78, 5) is 34.4. The third kappa shape index (κ3) is 8.04. The Morgan fingerprint density at radius 3 is 1.57 bits per heavy atom. The van der Waals surface area contributed by atoms with Crippen molar-refractivity contribution in [3.63, 3.8) is 0 Å². The number of urea groups is 2. The standard InChI is InChI=1S/C35H36N6O4S2/c1-25-32(47(44,45)40(4)33(42)37-30-19-15-28(16-20-30)26-11-7-5-8-12-26)46-35(36-25)41(24-23-39(2)3)34(43)38-31-21-17-29(18-22-31)27-13-9-6-10-14-27/h5-22H,23-24H2,1-4H3,(H,37,42)(H,38,43). The van der Waals surface area contributed by atoms with E-state index in [1.165, 1.54) is 11.9 Å². The maximum atomic E-state index is 13.6. The number of hydrogen-bond donors (Lipinski definition) is 2. The minimum atomic E-state index is -4.29. The van der Waals surface area contributed by atoms with Crippen LogP contribution >= 0.6 is 11.3 Å². The Labute approximate surface area is 279 Å². The molecule has 0 aliphatic carbocycles. The second-order valence-electron chi connectivity index (χ2n) is 11.0. The Morgan fingerprint density at radius 2 is 1.11 bits per heavy atom. The molecule has 0 radical (unpaired) electrons. The van der Waals surface area contributed by atoms with Gasteiger partial charge in [0.05, 0.1) is 5.69 Å². The van der Waals surface area contributed by atoms with Crippen LogP contribution in [-0.2, 0) is 10.0 Å². The second kappa shape index (κ2) is 14.6. The Morgan fingerprint density at radius 1 is 0.660 bits per heavy atom. The molecule has 0 spiro atoms. The lowest BCUT2D eigenvalue weighted by Crippen LogP contribution is -2.39. The first-order valence-corrected chi connectivity index (χ1v) is 17.1. The van der Waals surface area contributed by atoms with Crippen LogP contribution in [0.3, 0.4) is 0 Å². The van der Waals surface area contributed by atoms with Crippen molar-refractivity contribution >= 4 is 49.9 Å². The predicted molar refractivity (Wildman–Crippen MR) is 189 cm³/mol. The molecule has 4 aromatic carbocycles. The van der Waals surface area contributed by atoms with Crippen LogP contribution in [0.5, 0.6) is 0 Å². The first-order chi connectivity index (χ1) is 22.5. The normalized spacial score (nSPS) is 11.3. The number of aryl methyl sites for hydroxylation is 1. The van der Waals surface area contributed by atoms with Gasteiger partial charge in [0.1, 0.15) is 0 Å². The lowest BCUT2D eigenvalue weighted by molar-refractivity contribution is 0.240. The summed E-state index contributed by atoms with van der Waals surface area (Å²) in [6.45, 7) is 2.31. The molecule has 0 fully saturated rings. The fourth-order valence-electron chi connectivity index (χ4n) is 4.69. The van der Waals surface area contributed by atoms with Gasteiger partial charge in [-0.3, -0.25) is 4.90 Å². The van der Waals surface area contributed by atoms with Crippen LogP contribution < -0.4 is 15.5 Å². The molecule has 0 aliphatic heterocycles. The van der Waals surface area contributed by atoms with Gasteiger partial charge in [0.15, 0.2) is 9.34 Å². The molecule has 242 valence electrons. The number of aromatic nitrogens is 1. The lowest BCUT2D eigenvalue weighted by Gasteiger charge is -2.22. The molecule has 0 saturated carbocycles. The van der Waals surface area contributed by atoms with Crippen molar-refractivity contribution in [1.29, 1.82) is 0 Å². The van der Waals surface area contributed by atoms with Gasteiger partial charge >= 0.3 is 12.1 Å². The van der Waals surface area contributed by atoms with E-state index in [4.69, 9.17) is 0 Å². The fraction of sp³-hybridized carbons (Fsp3) is 0.171. The van der Waals surface area contributed by atoms with Gasteiger partial charge in [-0.15, -0.1) is 0 Å². The average Bonchev–Trinajstić information content (AvgIpc) is 3.47. The number of carbonyl (C=O) groups excluding carboxylic acids is 2. The van der Waals surface area contributed by atoms with Crippen LogP contribution in [0.15, 0.2) is 113 Å². The van der Waals surface area contributed by atoms with Crippen molar-refractivity contribution in [3.8, 4) is 22.3 Å². The molecule has 12 heteroatoms. The third-order valence-electron chi connectivity index (χ3n) is 7.36. The van der Waals surface area contributed by atoms with Crippen LogP contribution in [0, 0.1) is 6.92 Å². The fourth-order valence-corrected chi connectivity index (χ4v) is 7.43. The molecule has 2 N–H and O–H groups in total. The van der Waals surface area contributed by atoms with Gasteiger partial charge in [0.2, 0.25) is 0 Å². The van der Waals surface area contributed by atoms with E-state index >= 15 is 0 Å². The number of likely N-dealkylation sites (N-methyl/N-ethyl adjacent to an activating group) is 1. The summed E-state index contributed by atoms with van der Waals surface area (Å²) >= 11 is 0.842. The summed E-state index contributed by atoms with van der Waals surface area (Å²) in [6.07, 6.45) is 0. The van der Waals surface area contributed by atoms with Gasteiger partial charge in [-0.25, -0.2) is 18.9 Å². The van der Waals surface area contributed by atoms with Crippen LogP contribution in [0.1, 0.15) is 5.69 Å². The smallest absolute Gasteiger partial charge is 0.308 e. The Hall–Kier alpha value is -5.04. The molecule has 0 bridgehead atoms. The first kappa shape index (κ1) is 33.3. The highest BCUT2D eigenvalue weighted by Gasteiger charge is 2.32. The summed E-state index contributed by atoms with van der Waals surface area (Å²) in [5.74, 6) is 0. The number of hydrogen-bond acceptors (Lipinski definition) is 7. The van der Waals surface area contributed by atoms with Crippen LogP contribution in [0.2, 0.25) is 0 Å². The Kier molecular flexibility index (Phi) is 10.3. The van der Waals surface area contributed by atoms with Crippen molar-refractivity contribution in [2.75, 3.05) is 49.8 Å². The predicted octanol–water partition coefficient (Wildman–Crippen LogP) is 7.24. The van der Waals surface area contributed by atoms with E-state index < -0.39 is 22.1 Å². The second-order valence-corrected chi connectivity index (χ2v) is 14.2. The van der Waals surface area contributed by atoms with Gasteiger partial charge in [-0.05, 0) is 67.5 Å². The highest BCUT2D eigenvalue weighted by Crippen LogP contribution is 2.33. The average molecular weight is 669 g/mol. The Balaban J connectivity index is 1.31. The van der Waals surface area contributed by atoms with Crippen LogP contribution in [0.25, 0.3) is 22.3 Å². The topological polar surface area (TPSA) is 115 Å². The SMILES string of the molecule is Cc1nc(N(CCN(C)C)C(=O)Nc2ccc(-c3ccccc3)cc2)sc1S(=O)(=O)N(C)C(=O)Nc1ccc(-c2ccccc2)cc1. The maximum Gasteiger partial charge on any atom is 0.335 e. The summed E-state index contributed by atoms with van der Waals surface area (Å²) < 4.78 is 27.8. The van der Waals surface area contributed by atoms with Crippen LogP contribution in [0.4, 0.5) is 26.1 Å². The van der Waals surface area contributed by atoms with E-state index in [0.717, 1.165) is 33.6 Å². The highest BCUT2D eigenvalue weighted by molar-refractivity contribution is 7.91. The van der Waals surface area contributed by atoms with E-state index in [9.17, 15) is 18.0 Å². The molecule has 0 unspecified atom stereocenters. The number of carbonyl (C=O) groups is 2. The van der Waals surface area contributed by atoms with E-state index in [-0.39, 0.29) is 21.6 Å². The molecule has 0 aliphatic rings. The minimum Gasteiger partial charge on any atom is -0.308 e. The number of nitrogens with one attached hydrogen (secondary N) is 2. The lowest BCUT2D eigenvalue weighted by atomic mass is 10.1. The molecular weight excluding hydrogens is 633 g/mol. The molecule has 1 aromatic heterocycles. The zero-order valence-corrected chi connectivity index (χ0v) is 28.2. The molecule has 47 heavy (non-hydrogen) atoms. The van der Waals surface area contributed by atoms with Gasteiger partial charge in [-0.2, -0.15) is 8.42 Å². The molecule has 5 rings (SSSR count). The summed E-state index contributed by atoms with van der Waals surface area (Å²) in [5, 5.41) is 5.75. The number of nitrogens with zero attached hydrogens (tertiary/aromatic N) is 4. The summed E-state index contributed by atoms with van der Waals surface area (Å²) in [7, 11) is 0.659. The van der Waals surface area contributed by atoms with Gasteiger partial charge in [-0.1, -0.05) is 96.3 Å². The van der Waals surface area contributed by atoms with Crippen molar-refractivity contribution in [3.05, 3.63) is 115 Å². The van der Waals surface area contributed by atoms with Crippen molar-refractivity contribution in [2.45, 2.75) is 11.1 Å². The zero-order chi connectivity index (χ0) is 33.6. The Bertz CT molecular complexity index is 1930. The highest BCUT2D eigenvalue weighted by atomic mass is 32.2. The summed E-state index contributed by atoms with van der Waals surface area (Å²) in [5.41, 5.74) is 5.27. The van der Waals surface area contributed by atoms with E-state index in [1.807, 2.05) is 116 Å². The van der Waals surface area contributed by atoms with Crippen LogP contribution in [-0.4, -0.2) is 68.9 Å². The molecular formula is C35H36N6O4S2. The zero-order valence-electron chi connectivity index (χ0n) is 26.5. The van der Waals surface area contributed by atoms with Gasteiger partial charge in [0.25, 0.3) is 10.0 Å². The number of thiazole rings is 1. The number of sulfonamides is 1. The van der Waals surface area contributed by atoms with Crippen molar-refractivity contribution in [2.24, 2.45) is 0 Å². The van der Waals surface area contributed by atoms with Crippen molar-refractivity contribution < 1.29 is 18.0 Å². The maximum absolute atomic E-state index is 13.6.